The predicted octanol–water partition coefficient (Wildman–Crippen LogP) is 6.36. The Kier molecular flexibility index (Phi) is 8.94. The van der Waals surface area contributed by atoms with Crippen LogP contribution in [-0.4, -0.2) is 49.2 Å². The molecule has 0 radical (unpaired) electrons. The molecule has 0 amide bonds. The minimum Gasteiger partial charge on any atom is -0.405 e. The van der Waals surface area contributed by atoms with Crippen LogP contribution >= 0.6 is 31.0 Å². The minimum atomic E-state index is -4.25. The number of nitrogens with zero attached hydrogens (tertiary/aromatic N) is 2. The van der Waals surface area contributed by atoms with E-state index in [0.717, 1.165) is 6.20 Å². The van der Waals surface area contributed by atoms with Gasteiger partial charge in [0.2, 0.25) is 6.23 Å². The quantitative estimate of drug-likeness (QED) is 0.272. The zero-order chi connectivity index (χ0) is 29.7. The molecule has 0 saturated carbocycles. The molecule has 2 aliphatic rings. The molecular formula is C24H32Cl2F2N3O7PSi. The summed E-state index contributed by atoms with van der Waals surface area (Å²) in [6.45, 7) is 8.65. The van der Waals surface area contributed by atoms with Gasteiger partial charge in [-0.1, -0.05) is 56.1 Å². The smallest absolute Gasteiger partial charge is 0.405 e. The SMILES string of the molecule is CC(C)(C)[Si](C)(C)O[C@@H]1[C@@H](COP2(=O)OCC[C@H](c3cccc(Cl)c3Cl)O2)O[C@@H](n2ccc(N)nc2=O)C1(F)F. The molecule has 40 heavy (non-hydrogen) atoms. The van der Waals surface area contributed by atoms with Crippen LogP contribution in [0.3, 0.4) is 0 Å². The van der Waals surface area contributed by atoms with Gasteiger partial charge in [-0.25, -0.2) is 9.36 Å². The molecule has 0 bridgehead atoms. The number of hydrogen-bond donors (Lipinski definition) is 1. The Morgan fingerprint density at radius 2 is 1.98 bits per heavy atom. The first-order valence-electron chi connectivity index (χ1n) is 12.5. The van der Waals surface area contributed by atoms with Crippen LogP contribution in [0.2, 0.25) is 28.2 Å². The number of phosphoric ester groups is 1. The Morgan fingerprint density at radius 1 is 1.27 bits per heavy atom. The van der Waals surface area contributed by atoms with Crippen molar-refractivity contribution in [3.05, 3.63) is 56.6 Å². The highest BCUT2D eigenvalue weighted by Crippen LogP contribution is 2.58. The van der Waals surface area contributed by atoms with E-state index in [2.05, 4.69) is 4.98 Å². The number of anilines is 1. The van der Waals surface area contributed by atoms with E-state index in [1.807, 2.05) is 20.8 Å². The van der Waals surface area contributed by atoms with Gasteiger partial charge in [0.1, 0.15) is 18.0 Å². The monoisotopic (exact) mass is 641 g/mol. The molecule has 1 aromatic heterocycles. The maximum absolute atomic E-state index is 16.0. The van der Waals surface area contributed by atoms with Gasteiger partial charge in [0.15, 0.2) is 8.32 Å². The van der Waals surface area contributed by atoms with E-state index in [1.54, 1.807) is 31.3 Å². The summed E-state index contributed by atoms with van der Waals surface area (Å²) in [6, 6.07) is 6.14. The van der Waals surface area contributed by atoms with Crippen molar-refractivity contribution in [2.24, 2.45) is 0 Å². The summed E-state index contributed by atoms with van der Waals surface area (Å²) in [4.78, 5) is 16.0. The number of ether oxygens (including phenoxy) is 1. The van der Waals surface area contributed by atoms with E-state index in [-0.39, 0.29) is 22.5 Å². The molecule has 1 unspecified atom stereocenters. The van der Waals surface area contributed by atoms with Crippen LogP contribution in [0.4, 0.5) is 14.6 Å². The highest BCUT2D eigenvalue weighted by molar-refractivity contribution is 7.48. The summed E-state index contributed by atoms with van der Waals surface area (Å²) < 4.78 is 74.3. The Bertz CT molecular complexity index is 1360. The van der Waals surface area contributed by atoms with E-state index >= 15 is 8.78 Å². The molecule has 3 heterocycles. The highest BCUT2D eigenvalue weighted by atomic mass is 35.5. The number of rotatable bonds is 7. The normalized spacial score (nSPS) is 29.0. The summed E-state index contributed by atoms with van der Waals surface area (Å²) >= 11 is 12.4. The molecule has 5 atom stereocenters. The van der Waals surface area contributed by atoms with Gasteiger partial charge in [-0.2, -0.15) is 13.8 Å². The van der Waals surface area contributed by atoms with Crippen LogP contribution in [0, 0.1) is 0 Å². The lowest BCUT2D eigenvalue weighted by molar-refractivity contribution is -0.138. The molecule has 1 aromatic carbocycles. The minimum absolute atomic E-state index is 0.00844. The van der Waals surface area contributed by atoms with Crippen LogP contribution in [0.15, 0.2) is 35.3 Å². The number of nitrogen functional groups attached to an aromatic ring is 1. The molecule has 0 aliphatic carbocycles. The lowest BCUT2D eigenvalue weighted by Gasteiger charge is -2.40. The van der Waals surface area contributed by atoms with Gasteiger partial charge in [-0.15, -0.1) is 0 Å². The van der Waals surface area contributed by atoms with Crippen molar-refractivity contribution >= 4 is 45.2 Å². The summed E-state index contributed by atoms with van der Waals surface area (Å²) in [5.74, 6) is -3.83. The first-order valence-corrected chi connectivity index (χ1v) is 17.6. The van der Waals surface area contributed by atoms with Gasteiger partial charge in [0.25, 0.3) is 0 Å². The summed E-state index contributed by atoms with van der Waals surface area (Å²) in [7, 11) is -7.06. The van der Waals surface area contributed by atoms with Crippen molar-refractivity contribution in [1.29, 1.82) is 0 Å². The van der Waals surface area contributed by atoms with E-state index in [4.69, 9.17) is 51.7 Å². The third kappa shape index (κ3) is 6.33. The second-order valence-electron chi connectivity index (χ2n) is 11.1. The van der Waals surface area contributed by atoms with Crippen LogP contribution in [-0.2, 0) is 27.3 Å². The van der Waals surface area contributed by atoms with Crippen LogP contribution in [0.1, 0.15) is 45.1 Å². The Morgan fingerprint density at radius 3 is 2.62 bits per heavy atom. The lowest BCUT2D eigenvalue weighted by atomic mass is 10.1. The van der Waals surface area contributed by atoms with Crippen molar-refractivity contribution in [2.45, 2.75) is 75.8 Å². The van der Waals surface area contributed by atoms with Gasteiger partial charge in [0.05, 0.1) is 29.4 Å². The lowest BCUT2D eigenvalue weighted by Crippen LogP contribution is -2.52. The fourth-order valence-electron chi connectivity index (χ4n) is 4.07. The molecule has 222 valence electrons. The fourth-order valence-corrected chi connectivity index (χ4v) is 7.18. The molecular weight excluding hydrogens is 610 g/mol. The standard InChI is InChI=1S/C24H32Cl2F2N3O7PSi/c1-23(2,3)40(4,5)38-20-17(36-21(24(20,27)28)31-11-9-18(29)30-22(31)32)13-35-39(33)34-12-10-16(37-39)14-7-6-8-15(25)19(14)26/h6-9,11,16-17,20-21H,10,12-13H2,1-5H3,(H2,29,30,32)/t16-,17-,20-,21-,39?/m1/s1. The van der Waals surface area contributed by atoms with Crippen molar-refractivity contribution in [1.82, 2.24) is 9.55 Å². The van der Waals surface area contributed by atoms with Gasteiger partial charge >= 0.3 is 19.4 Å². The van der Waals surface area contributed by atoms with Crippen molar-refractivity contribution in [2.75, 3.05) is 18.9 Å². The zero-order valence-corrected chi connectivity index (χ0v) is 26.0. The average molecular weight is 642 g/mol. The maximum Gasteiger partial charge on any atom is 0.475 e. The third-order valence-corrected chi connectivity index (χ3v) is 14.1. The van der Waals surface area contributed by atoms with Gasteiger partial charge in [0, 0.05) is 18.2 Å². The van der Waals surface area contributed by atoms with Crippen molar-refractivity contribution < 1.29 is 36.1 Å². The second-order valence-corrected chi connectivity index (χ2v) is 18.3. The molecule has 2 fully saturated rings. The maximum atomic E-state index is 16.0. The van der Waals surface area contributed by atoms with Crippen molar-refractivity contribution in [3.63, 3.8) is 0 Å². The number of phosphoric acid groups is 1. The number of aromatic nitrogens is 2. The predicted molar refractivity (Wildman–Crippen MR) is 148 cm³/mol. The van der Waals surface area contributed by atoms with Crippen molar-refractivity contribution in [3.8, 4) is 0 Å². The second kappa shape index (κ2) is 11.3. The fraction of sp³-hybridized carbons (Fsp3) is 0.583. The van der Waals surface area contributed by atoms with E-state index in [9.17, 15) is 9.36 Å². The molecule has 4 rings (SSSR count). The summed E-state index contributed by atoms with van der Waals surface area (Å²) in [5.41, 5.74) is 4.99. The Hall–Kier alpha value is -1.41. The molecule has 2 N–H and O–H groups in total. The van der Waals surface area contributed by atoms with Gasteiger partial charge < -0.3 is 14.9 Å². The number of alkyl halides is 2. The molecule has 2 saturated heterocycles. The van der Waals surface area contributed by atoms with Crippen LogP contribution in [0.5, 0.6) is 0 Å². The third-order valence-electron chi connectivity index (χ3n) is 7.29. The topological polar surface area (TPSA) is 124 Å². The number of nitrogens with two attached hydrogens (primary N) is 1. The van der Waals surface area contributed by atoms with Crippen LogP contribution in [0.25, 0.3) is 0 Å². The van der Waals surface area contributed by atoms with E-state index in [0.29, 0.717) is 16.6 Å². The Labute approximate surface area is 241 Å². The largest absolute Gasteiger partial charge is 0.475 e. The average Bonchev–Trinajstić information content (AvgIpc) is 3.08. The Balaban J connectivity index is 1.60. The first-order chi connectivity index (χ1) is 18.4. The van der Waals surface area contributed by atoms with Gasteiger partial charge in [-0.05, 0) is 30.3 Å². The van der Waals surface area contributed by atoms with E-state index < -0.39 is 63.9 Å². The number of hydrogen-bond acceptors (Lipinski definition) is 9. The first kappa shape index (κ1) is 31.5. The van der Waals surface area contributed by atoms with E-state index in [1.165, 1.54) is 6.07 Å². The van der Waals surface area contributed by atoms with Crippen LogP contribution < -0.4 is 11.4 Å². The molecule has 10 nitrogen and oxygen atoms in total. The zero-order valence-electron chi connectivity index (χ0n) is 22.6. The van der Waals surface area contributed by atoms with Gasteiger partial charge in [-0.3, -0.25) is 18.1 Å². The summed E-state index contributed by atoms with van der Waals surface area (Å²) in [6.07, 6.45) is -4.78. The highest BCUT2D eigenvalue weighted by Gasteiger charge is 2.63. The molecule has 2 aromatic rings. The number of benzene rings is 1. The molecule has 2 aliphatic heterocycles. The molecule has 0 spiro atoms. The number of halogens is 4. The molecule has 16 heteroatoms. The summed E-state index contributed by atoms with van der Waals surface area (Å²) in [5, 5.41) is 0.0862.